The molecule has 0 unspecified atom stereocenters. The van der Waals surface area contributed by atoms with Gasteiger partial charge in [0.2, 0.25) is 23.6 Å². The fourth-order valence-corrected chi connectivity index (χ4v) is 7.62. The first-order valence-electron chi connectivity index (χ1n) is 20.3. The van der Waals surface area contributed by atoms with Crippen LogP contribution in [0.2, 0.25) is 0 Å². The largest absolute Gasteiger partial charge is 0.394 e. The lowest BCUT2D eigenvalue weighted by Crippen LogP contribution is -2.54. The molecule has 52 heavy (non-hydrogen) atoms. The second-order valence-electron chi connectivity index (χ2n) is 13.8. The van der Waals surface area contributed by atoms with Crippen LogP contribution in [0.3, 0.4) is 0 Å². The topological polar surface area (TPSA) is 209 Å². The van der Waals surface area contributed by atoms with E-state index < -0.39 is 61.0 Å². The predicted octanol–water partition coefficient (Wildman–Crippen LogP) is 4.14. The normalized spacial score (nSPS) is 13.6. The van der Waals surface area contributed by atoms with Crippen molar-refractivity contribution in [2.75, 3.05) is 49.3 Å². The van der Waals surface area contributed by atoms with Crippen LogP contribution in [0, 0.1) is 0 Å². The van der Waals surface area contributed by atoms with Gasteiger partial charge in [-0.05, 0) is 12.8 Å². The first-order valence-corrected chi connectivity index (χ1v) is 22.6. The summed E-state index contributed by atoms with van der Waals surface area (Å²) in [5.41, 5.74) is 12.0. The molecule has 0 aliphatic rings. The third-order valence-corrected chi connectivity index (χ3v) is 11.4. The minimum Gasteiger partial charge on any atom is -0.394 e. The minimum absolute atomic E-state index is 0.323. The molecule has 4 atom stereocenters. The summed E-state index contributed by atoms with van der Waals surface area (Å²) in [6.07, 6.45) is 24.0. The molecule has 0 aromatic heterocycles. The average Bonchev–Trinajstić information content (AvgIpc) is 3.14. The zero-order valence-corrected chi connectivity index (χ0v) is 34.2. The van der Waals surface area contributed by atoms with Crippen molar-refractivity contribution in [3.63, 3.8) is 0 Å². The average molecular weight is 777 g/mol. The van der Waals surface area contributed by atoms with Crippen molar-refractivity contribution in [3.05, 3.63) is 0 Å². The first kappa shape index (κ1) is 50.4. The highest BCUT2D eigenvalue weighted by Crippen LogP contribution is 2.12. The Morgan fingerprint density at radius 2 is 0.769 bits per heavy atom. The number of hydrogen-bond acceptors (Lipinski definition) is 10. The molecule has 0 aliphatic carbocycles. The van der Waals surface area contributed by atoms with E-state index in [-0.39, 0.29) is 0 Å². The molecule has 0 aromatic rings. The molecule has 12 nitrogen and oxygen atoms in total. The van der Waals surface area contributed by atoms with Crippen molar-refractivity contribution in [2.24, 2.45) is 11.5 Å². The Bertz CT molecular complexity index is 836. The second kappa shape index (κ2) is 36.4. The molecule has 14 heteroatoms. The van der Waals surface area contributed by atoms with Gasteiger partial charge in [0.25, 0.3) is 0 Å². The van der Waals surface area contributed by atoms with Crippen molar-refractivity contribution in [2.45, 2.75) is 166 Å². The maximum atomic E-state index is 12.5. The summed E-state index contributed by atoms with van der Waals surface area (Å²) >= 11 is 2.92. The zero-order valence-electron chi connectivity index (χ0n) is 32.6. The van der Waals surface area contributed by atoms with Gasteiger partial charge in [-0.25, -0.2) is 0 Å². The highest BCUT2D eigenvalue weighted by Gasteiger charge is 2.24. The number of nitrogens with one attached hydrogen (secondary N) is 4. The van der Waals surface area contributed by atoms with E-state index in [2.05, 4.69) is 35.1 Å². The van der Waals surface area contributed by atoms with Crippen LogP contribution < -0.4 is 32.7 Å². The van der Waals surface area contributed by atoms with Crippen LogP contribution in [0.4, 0.5) is 0 Å². The van der Waals surface area contributed by atoms with Gasteiger partial charge in [-0.2, -0.15) is 23.5 Å². The lowest BCUT2D eigenvalue weighted by Gasteiger charge is -2.19. The van der Waals surface area contributed by atoms with Crippen LogP contribution in [-0.4, -0.2) is 107 Å². The van der Waals surface area contributed by atoms with Crippen LogP contribution in [0.1, 0.15) is 142 Å². The molecule has 306 valence electrons. The van der Waals surface area contributed by atoms with Gasteiger partial charge >= 0.3 is 0 Å². The number of nitrogens with two attached hydrogens (primary N) is 2. The van der Waals surface area contributed by atoms with E-state index in [1.807, 2.05) is 0 Å². The molecule has 0 radical (unpaired) electrons. The molecule has 0 aliphatic heterocycles. The molecule has 10 N–H and O–H groups in total. The maximum Gasteiger partial charge on any atom is 0.244 e. The molecule has 0 fully saturated rings. The van der Waals surface area contributed by atoms with Crippen LogP contribution in [-0.2, 0) is 19.2 Å². The Labute approximate surface area is 324 Å². The smallest absolute Gasteiger partial charge is 0.244 e. The van der Waals surface area contributed by atoms with E-state index in [9.17, 15) is 29.4 Å². The number of amides is 4. The molecule has 0 bridgehead atoms. The van der Waals surface area contributed by atoms with Gasteiger partial charge in [0.15, 0.2) is 0 Å². The van der Waals surface area contributed by atoms with Gasteiger partial charge in [0.1, 0.15) is 12.1 Å². The Morgan fingerprint density at radius 3 is 1.06 bits per heavy atom. The number of thioether (sulfide) groups is 2. The molecular formula is C38H76N6O6S2. The molecule has 0 rings (SSSR count). The van der Waals surface area contributed by atoms with Crippen LogP contribution in [0.15, 0.2) is 0 Å². The highest BCUT2D eigenvalue weighted by molar-refractivity contribution is 8.03. The number of rotatable bonds is 37. The molecule has 4 amide bonds. The van der Waals surface area contributed by atoms with Gasteiger partial charge in [0, 0.05) is 36.1 Å². The Hall–Kier alpha value is -1.58. The standard InChI is InChI=1S/C38H76N6O6S2/c1-3-5-7-9-11-13-15-17-19-21-23-41-37(49)33(27-45)43-35(47)31(39)29-51-25-26-52-30-32(40)36(48)44-34(28-46)38(50)42-24-22-20-18-16-14-12-10-8-6-4-2/h31-34,45-46H,3-30,39-40H2,1-2H3,(H,41,49)(H,42,50)(H,43,47)(H,44,48)/t31-,32-,33-,34-/m0/s1. The fraction of sp³-hybridized carbons (Fsp3) is 0.895. The lowest BCUT2D eigenvalue weighted by molar-refractivity contribution is -0.130. The van der Waals surface area contributed by atoms with Crippen LogP contribution in [0.5, 0.6) is 0 Å². The van der Waals surface area contributed by atoms with Gasteiger partial charge in [-0.1, -0.05) is 129 Å². The Kier molecular flexibility index (Phi) is 35.3. The molecular weight excluding hydrogens is 701 g/mol. The summed E-state index contributed by atoms with van der Waals surface area (Å²) in [4.78, 5) is 49.9. The van der Waals surface area contributed by atoms with Gasteiger partial charge < -0.3 is 42.9 Å². The summed E-state index contributed by atoms with van der Waals surface area (Å²) in [7, 11) is 0. The lowest BCUT2D eigenvalue weighted by atomic mass is 10.1. The molecule has 0 saturated carbocycles. The number of carbonyl (C=O) groups excluding carboxylic acids is 4. The molecule has 0 spiro atoms. The number of unbranched alkanes of at least 4 members (excludes halogenated alkanes) is 18. The van der Waals surface area contributed by atoms with Crippen LogP contribution >= 0.6 is 23.5 Å². The van der Waals surface area contributed by atoms with Crippen LogP contribution in [0.25, 0.3) is 0 Å². The predicted molar refractivity (Wildman–Crippen MR) is 218 cm³/mol. The monoisotopic (exact) mass is 777 g/mol. The summed E-state index contributed by atoms with van der Waals surface area (Å²) in [5.74, 6) is 0.119. The molecule has 0 saturated heterocycles. The Morgan fingerprint density at radius 1 is 0.481 bits per heavy atom. The van der Waals surface area contributed by atoms with Crippen molar-refractivity contribution >= 4 is 47.2 Å². The molecule has 0 heterocycles. The van der Waals surface area contributed by atoms with E-state index in [4.69, 9.17) is 11.5 Å². The number of aliphatic hydroxyl groups excluding tert-OH is 2. The van der Waals surface area contributed by atoms with E-state index in [0.29, 0.717) is 36.1 Å². The third kappa shape index (κ3) is 28.9. The number of carbonyl (C=O) groups is 4. The quantitative estimate of drug-likeness (QED) is 0.0423. The van der Waals surface area contributed by atoms with Crippen molar-refractivity contribution in [1.29, 1.82) is 0 Å². The zero-order chi connectivity index (χ0) is 38.7. The minimum atomic E-state index is -1.05. The summed E-state index contributed by atoms with van der Waals surface area (Å²) in [6.45, 7) is 4.43. The number of hydrogen-bond donors (Lipinski definition) is 8. The van der Waals surface area contributed by atoms with Crippen molar-refractivity contribution < 1.29 is 29.4 Å². The third-order valence-electron chi connectivity index (χ3n) is 8.93. The van der Waals surface area contributed by atoms with E-state index in [0.717, 1.165) is 38.5 Å². The first-order chi connectivity index (χ1) is 25.2. The van der Waals surface area contributed by atoms with Gasteiger partial charge in [-0.3, -0.25) is 19.2 Å². The van der Waals surface area contributed by atoms with Crippen molar-refractivity contribution in [1.82, 2.24) is 21.3 Å². The summed E-state index contributed by atoms with van der Waals surface area (Å²) in [5, 5.41) is 30.0. The summed E-state index contributed by atoms with van der Waals surface area (Å²) < 4.78 is 0. The van der Waals surface area contributed by atoms with E-state index >= 15 is 0 Å². The van der Waals surface area contributed by atoms with Crippen molar-refractivity contribution in [3.8, 4) is 0 Å². The van der Waals surface area contributed by atoms with Gasteiger partial charge in [-0.15, -0.1) is 0 Å². The summed E-state index contributed by atoms with van der Waals surface area (Å²) in [6, 6.07) is -3.79. The highest BCUT2D eigenvalue weighted by atomic mass is 32.2. The fourth-order valence-electron chi connectivity index (χ4n) is 5.53. The van der Waals surface area contributed by atoms with E-state index in [1.165, 1.54) is 113 Å². The number of aliphatic hydroxyl groups is 2. The Balaban J connectivity index is 4.04. The maximum absolute atomic E-state index is 12.5. The van der Waals surface area contributed by atoms with E-state index in [1.54, 1.807) is 0 Å². The SMILES string of the molecule is CCCCCCCCCCCCNC(=O)[C@H](CO)NC(=O)[C@@H](N)CSCCSC[C@H](N)C(=O)N[C@@H](CO)C(=O)NCCCCCCCCCCCC. The van der Waals surface area contributed by atoms with Gasteiger partial charge in [0.05, 0.1) is 25.3 Å². The second-order valence-corrected chi connectivity index (χ2v) is 16.1. The molecule has 0 aromatic carbocycles.